The Balaban J connectivity index is 1.62. The summed E-state index contributed by atoms with van der Waals surface area (Å²) in [6.45, 7) is 2.17. The fourth-order valence-corrected chi connectivity index (χ4v) is 5.43. The summed E-state index contributed by atoms with van der Waals surface area (Å²) >= 11 is 3.08. The first kappa shape index (κ1) is 21.4. The number of anilines is 2. The zero-order chi connectivity index (χ0) is 20.9. The number of aliphatic imine (C=N–C) groups is 1. The van der Waals surface area contributed by atoms with E-state index < -0.39 is 10.0 Å². The summed E-state index contributed by atoms with van der Waals surface area (Å²) in [5, 5.41) is 2.58. The topological polar surface area (TPSA) is 105 Å². The lowest BCUT2D eigenvalue weighted by Gasteiger charge is -2.10. The van der Waals surface area contributed by atoms with Crippen molar-refractivity contribution in [3.05, 3.63) is 54.1 Å². The van der Waals surface area contributed by atoms with Crippen LogP contribution in [0.4, 0.5) is 11.4 Å². The summed E-state index contributed by atoms with van der Waals surface area (Å²) in [6.07, 6.45) is 0. The lowest BCUT2D eigenvalue weighted by molar-refractivity contribution is -0.114. The Bertz CT molecular complexity index is 1030. The van der Waals surface area contributed by atoms with E-state index in [2.05, 4.69) is 15.0 Å². The molecule has 1 aliphatic heterocycles. The molecule has 0 unspecified atom stereocenters. The maximum Gasteiger partial charge on any atom is 0.261 e. The van der Waals surface area contributed by atoms with Gasteiger partial charge < -0.3 is 5.32 Å². The Morgan fingerprint density at radius 3 is 2.31 bits per heavy atom. The lowest BCUT2D eigenvalue weighted by Crippen LogP contribution is -2.13. The molecule has 3 rings (SSSR count). The van der Waals surface area contributed by atoms with Crippen LogP contribution < -0.4 is 10.0 Å². The third-order valence-corrected chi connectivity index (χ3v) is 7.48. The van der Waals surface area contributed by atoms with Crippen LogP contribution in [-0.2, 0) is 14.8 Å². The second-order valence-electron chi connectivity index (χ2n) is 6.10. The van der Waals surface area contributed by atoms with Crippen molar-refractivity contribution in [2.45, 2.75) is 11.8 Å². The second-order valence-corrected chi connectivity index (χ2v) is 10.1. The minimum absolute atomic E-state index is 0.0341. The van der Waals surface area contributed by atoms with Gasteiger partial charge in [0.15, 0.2) is 5.78 Å². The number of rotatable bonds is 7. The summed E-state index contributed by atoms with van der Waals surface area (Å²) < 4.78 is 28.5. The third-order valence-electron chi connectivity index (χ3n) is 3.83. The first-order valence-corrected chi connectivity index (χ1v) is 12.1. The van der Waals surface area contributed by atoms with Crippen molar-refractivity contribution in [2.24, 2.45) is 4.99 Å². The van der Waals surface area contributed by atoms with Crippen LogP contribution >= 0.6 is 23.5 Å². The van der Waals surface area contributed by atoms with Crippen molar-refractivity contribution in [2.75, 3.05) is 28.1 Å². The van der Waals surface area contributed by atoms with Crippen molar-refractivity contribution >= 4 is 61.0 Å². The van der Waals surface area contributed by atoms with E-state index >= 15 is 0 Å². The van der Waals surface area contributed by atoms with Gasteiger partial charge in [-0.1, -0.05) is 23.5 Å². The Morgan fingerprint density at radius 2 is 1.72 bits per heavy atom. The highest BCUT2D eigenvalue weighted by Crippen LogP contribution is 2.23. The molecule has 7 nitrogen and oxygen atoms in total. The van der Waals surface area contributed by atoms with Crippen LogP contribution in [0.3, 0.4) is 0 Å². The number of carbonyl (C=O) groups excluding carboxylic acids is 2. The molecule has 1 aliphatic rings. The third kappa shape index (κ3) is 6.09. The molecule has 152 valence electrons. The Hall–Kier alpha value is -2.30. The maximum absolute atomic E-state index is 12.5. The molecule has 1 heterocycles. The zero-order valence-corrected chi connectivity index (χ0v) is 18.0. The van der Waals surface area contributed by atoms with Crippen LogP contribution in [0, 0.1) is 0 Å². The van der Waals surface area contributed by atoms with Crippen LogP contribution in [0.25, 0.3) is 0 Å². The number of nitrogens with zero attached hydrogens (tertiary/aromatic N) is 1. The van der Waals surface area contributed by atoms with Gasteiger partial charge in [0.2, 0.25) is 5.91 Å². The van der Waals surface area contributed by atoms with E-state index in [1.54, 1.807) is 36.0 Å². The molecule has 0 atom stereocenters. The van der Waals surface area contributed by atoms with Crippen LogP contribution in [0.2, 0.25) is 0 Å². The van der Waals surface area contributed by atoms with Crippen molar-refractivity contribution < 1.29 is 18.0 Å². The molecular formula is C19H19N3O4S3. The highest BCUT2D eigenvalue weighted by atomic mass is 32.2. The number of hydrogen-bond donors (Lipinski definition) is 2. The van der Waals surface area contributed by atoms with E-state index in [0.29, 0.717) is 22.7 Å². The minimum Gasteiger partial charge on any atom is -0.326 e. The molecule has 0 saturated carbocycles. The molecule has 1 amide bonds. The summed E-state index contributed by atoms with van der Waals surface area (Å²) in [7, 11) is -3.78. The van der Waals surface area contributed by atoms with Gasteiger partial charge in [0.05, 0.1) is 17.2 Å². The monoisotopic (exact) mass is 449 g/mol. The van der Waals surface area contributed by atoms with Crippen LogP contribution in [-0.4, -0.2) is 42.5 Å². The first-order chi connectivity index (χ1) is 13.8. The molecule has 0 fully saturated rings. The van der Waals surface area contributed by atoms with E-state index in [1.165, 1.54) is 43.0 Å². The van der Waals surface area contributed by atoms with E-state index in [1.807, 2.05) is 0 Å². The zero-order valence-electron chi connectivity index (χ0n) is 15.5. The SMILES string of the molecule is CC(=O)Nc1ccc(S(=O)(=O)Nc2ccc(C(=O)CSC3=NCCS3)cc2)cc1. The Kier molecular flexibility index (Phi) is 6.99. The highest BCUT2D eigenvalue weighted by molar-refractivity contribution is 8.39. The van der Waals surface area contributed by atoms with Gasteiger partial charge in [0, 0.05) is 29.6 Å². The van der Waals surface area contributed by atoms with E-state index in [4.69, 9.17) is 0 Å². The number of thioether (sulfide) groups is 2. The number of carbonyl (C=O) groups is 2. The van der Waals surface area contributed by atoms with E-state index in [9.17, 15) is 18.0 Å². The summed E-state index contributed by atoms with van der Waals surface area (Å²) in [5.41, 5.74) is 1.39. The van der Waals surface area contributed by atoms with E-state index in [-0.39, 0.29) is 16.6 Å². The number of Topliss-reactive ketones (excluding diaryl/α,β-unsaturated/α-hetero) is 1. The van der Waals surface area contributed by atoms with Crippen molar-refractivity contribution in [3.63, 3.8) is 0 Å². The number of amides is 1. The van der Waals surface area contributed by atoms with Crippen LogP contribution in [0.15, 0.2) is 58.4 Å². The Labute approximate surface area is 177 Å². The molecule has 0 aromatic heterocycles. The number of sulfonamides is 1. The fourth-order valence-electron chi connectivity index (χ4n) is 2.47. The lowest BCUT2D eigenvalue weighted by atomic mass is 10.1. The van der Waals surface area contributed by atoms with Gasteiger partial charge in [-0.2, -0.15) is 0 Å². The molecule has 29 heavy (non-hydrogen) atoms. The number of nitrogens with one attached hydrogen (secondary N) is 2. The van der Waals surface area contributed by atoms with Gasteiger partial charge in [0.25, 0.3) is 10.0 Å². The molecule has 2 aromatic rings. The van der Waals surface area contributed by atoms with Crippen LogP contribution in [0.5, 0.6) is 0 Å². The molecule has 0 spiro atoms. The summed E-state index contributed by atoms with van der Waals surface area (Å²) in [5.74, 6) is 0.994. The second kappa shape index (κ2) is 9.47. The molecule has 0 aliphatic carbocycles. The van der Waals surface area contributed by atoms with Crippen molar-refractivity contribution in [1.82, 2.24) is 0 Å². The molecule has 10 heteroatoms. The standard InChI is InChI=1S/C19H19N3O4S3/c1-13(23)21-15-6-8-17(9-7-15)29(25,26)22-16-4-2-14(3-5-16)18(24)12-28-19-20-10-11-27-19/h2-9,22H,10-12H2,1H3,(H,21,23). The summed E-state index contributed by atoms with van der Waals surface area (Å²) in [6, 6.07) is 12.2. The Morgan fingerprint density at radius 1 is 1.07 bits per heavy atom. The fraction of sp³-hybridized carbons (Fsp3) is 0.211. The quantitative estimate of drug-likeness (QED) is 0.627. The van der Waals surface area contributed by atoms with Gasteiger partial charge >= 0.3 is 0 Å². The molecular weight excluding hydrogens is 430 g/mol. The largest absolute Gasteiger partial charge is 0.326 e. The predicted molar refractivity (Wildman–Crippen MR) is 120 cm³/mol. The predicted octanol–water partition coefficient (Wildman–Crippen LogP) is 3.46. The van der Waals surface area contributed by atoms with Gasteiger partial charge in [-0.15, -0.1) is 0 Å². The van der Waals surface area contributed by atoms with Gasteiger partial charge in [-0.3, -0.25) is 19.3 Å². The smallest absolute Gasteiger partial charge is 0.261 e. The van der Waals surface area contributed by atoms with Crippen molar-refractivity contribution in [1.29, 1.82) is 0 Å². The number of ketones is 1. The average molecular weight is 450 g/mol. The van der Waals surface area contributed by atoms with Gasteiger partial charge in [-0.05, 0) is 48.5 Å². The molecule has 0 bridgehead atoms. The first-order valence-electron chi connectivity index (χ1n) is 8.67. The minimum atomic E-state index is -3.78. The highest BCUT2D eigenvalue weighted by Gasteiger charge is 2.15. The van der Waals surface area contributed by atoms with E-state index in [0.717, 1.165) is 16.7 Å². The average Bonchev–Trinajstić information content (AvgIpc) is 3.20. The maximum atomic E-state index is 12.5. The van der Waals surface area contributed by atoms with Crippen LogP contribution in [0.1, 0.15) is 17.3 Å². The molecule has 2 aromatic carbocycles. The van der Waals surface area contributed by atoms with Gasteiger partial charge in [0.1, 0.15) is 4.38 Å². The summed E-state index contributed by atoms with van der Waals surface area (Å²) in [4.78, 5) is 27.7. The molecule has 0 saturated heterocycles. The molecule has 0 radical (unpaired) electrons. The van der Waals surface area contributed by atoms with Gasteiger partial charge in [-0.25, -0.2) is 8.42 Å². The van der Waals surface area contributed by atoms with Crippen molar-refractivity contribution in [3.8, 4) is 0 Å². The molecule has 2 N–H and O–H groups in total. The number of benzene rings is 2. The number of hydrogen-bond acceptors (Lipinski definition) is 7. The normalized spacial score (nSPS) is 13.6.